The van der Waals surface area contributed by atoms with Crippen LogP contribution in [-0.2, 0) is 4.79 Å². The molecular weight excluding hydrogens is 270 g/mol. The van der Waals surface area contributed by atoms with Gasteiger partial charge in [0, 0.05) is 13.6 Å². The fraction of sp³-hybridized carbons (Fsp3) is 0.273. The van der Waals surface area contributed by atoms with Crippen molar-refractivity contribution >= 4 is 38.9 Å². The van der Waals surface area contributed by atoms with Gasteiger partial charge in [0.1, 0.15) is 5.69 Å². The third kappa shape index (κ3) is 2.63. The third-order valence-corrected chi connectivity index (χ3v) is 3.50. The molecule has 0 amide bonds. The lowest BCUT2D eigenvalue weighted by Crippen LogP contribution is -2.21. The Hall–Kier alpha value is -2.22. The Labute approximate surface area is 112 Å². The molecule has 0 bridgehead atoms. The van der Waals surface area contributed by atoms with Crippen molar-refractivity contribution in [2.75, 3.05) is 18.5 Å². The Morgan fingerprint density at radius 2 is 2.32 bits per heavy atom. The average Bonchev–Trinajstić information content (AvgIpc) is 2.82. The number of carboxylic acid groups (broad SMARTS) is 1. The van der Waals surface area contributed by atoms with Crippen LogP contribution >= 0.6 is 11.3 Å². The molecule has 8 heteroatoms. The van der Waals surface area contributed by atoms with Gasteiger partial charge in [-0.15, -0.1) is 11.3 Å². The molecule has 0 unspecified atom stereocenters. The molecule has 0 aliphatic rings. The molecule has 0 fully saturated rings. The van der Waals surface area contributed by atoms with Gasteiger partial charge in [0.15, 0.2) is 5.52 Å². The summed E-state index contributed by atoms with van der Waals surface area (Å²) >= 11 is 1.33. The second-order valence-electron chi connectivity index (χ2n) is 3.95. The minimum absolute atomic E-state index is 0.0772. The van der Waals surface area contributed by atoms with Gasteiger partial charge in [0.2, 0.25) is 0 Å². The van der Waals surface area contributed by atoms with Crippen LogP contribution in [0.4, 0.5) is 11.4 Å². The van der Waals surface area contributed by atoms with E-state index in [1.807, 2.05) is 0 Å². The number of hydrogen-bond acceptors (Lipinski definition) is 6. The number of carboxylic acids is 1. The summed E-state index contributed by atoms with van der Waals surface area (Å²) in [5.41, 5.74) is 2.20. The first-order valence-corrected chi connectivity index (χ1v) is 6.32. The van der Waals surface area contributed by atoms with Crippen LogP contribution in [0.3, 0.4) is 0 Å². The molecule has 100 valence electrons. The number of benzene rings is 1. The van der Waals surface area contributed by atoms with Crippen LogP contribution in [-0.4, -0.2) is 34.6 Å². The lowest BCUT2D eigenvalue weighted by Gasteiger charge is -2.18. The molecule has 0 spiro atoms. The molecule has 19 heavy (non-hydrogen) atoms. The Morgan fingerprint density at radius 1 is 1.58 bits per heavy atom. The first kappa shape index (κ1) is 13.2. The summed E-state index contributed by atoms with van der Waals surface area (Å²) in [5, 5.41) is 19.9. The number of thiazole rings is 1. The predicted molar refractivity (Wildman–Crippen MR) is 71.8 cm³/mol. The van der Waals surface area contributed by atoms with E-state index in [4.69, 9.17) is 5.11 Å². The molecule has 2 rings (SSSR count). The maximum atomic E-state index is 11.2. The van der Waals surface area contributed by atoms with Crippen molar-refractivity contribution in [3.8, 4) is 0 Å². The van der Waals surface area contributed by atoms with Gasteiger partial charge < -0.3 is 10.0 Å². The van der Waals surface area contributed by atoms with Crippen molar-refractivity contribution in [2.24, 2.45) is 0 Å². The summed E-state index contributed by atoms with van der Waals surface area (Å²) in [6, 6.07) is 3.38. The quantitative estimate of drug-likeness (QED) is 0.666. The van der Waals surface area contributed by atoms with Gasteiger partial charge in [-0.2, -0.15) is 0 Å². The van der Waals surface area contributed by atoms with E-state index in [9.17, 15) is 14.9 Å². The van der Waals surface area contributed by atoms with E-state index < -0.39 is 10.9 Å². The lowest BCUT2D eigenvalue weighted by atomic mass is 10.2. The number of hydrogen-bond donors (Lipinski definition) is 1. The van der Waals surface area contributed by atoms with Crippen LogP contribution in [0.5, 0.6) is 0 Å². The smallest absolute Gasteiger partial charge is 0.319 e. The molecule has 1 aromatic heterocycles. The Morgan fingerprint density at radius 3 is 2.95 bits per heavy atom. The molecule has 0 saturated carbocycles. The summed E-state index contributed by atoms with van der Waals surface area (Å²) in [4.78, 5) is 26.9. The van der Waals surface area contributed by atoms with Crippen molar-refractivity contribution < 1.29 is 14.8 Å². The van der Waals surface area contributed by atoms with Crippen molar-refractivity contribution in [1.29, 1.82) is 0 Å². The maximum Gasteiger partial charge on any atom is 0.319 e. The van der Waals surface area contributed by atoms with Crippen molar-refractivity contribution in [3.05, 3.63) is 27.8 Å². The number of nitro groups is 1. The molecule has 1 N–H and O–H groups in total. The predicted octanol–water partition coefficient (Wildman–Crippen LogP) is 2.12. The summed E-state index contributed by atoms with van der Waals surface area (Å²) in [5.74, 6) is -0.941. The molecule has 0 aliphatic carbocycles. The number of nitrogens with zero attached hydrogens (tertiary/aromatic N) is 3. The van der Waals surface area contributed by atoms with Crippen LogP contribution in [0.2, 0.25) is 0 Å². The number of nitro benzene ring substituents is 1. The summed E-state index contributed by atoms with van der Waals surface area (Å²) in [7, 11) is 1.63. The standard InChI is InChI=1S/C11H11N3O4S/c1-13(5-4-9(15)16)7-2-3-8-10(12-6-19-8)11(7)14(17)18/h2-3,6H,4-5H2,1H3,(H,15,16). The molecule has 7 nitrogen and oxygen atoms in total. The summed E-state index contributed by atoms with van der Waals surface area (Å²) in [6.07, 6.45) is -0.0806. The maximum absolute atomic E-state index is 11.2. The van der Waals surface area contributed by atoms with Crippen molar-refractivity contribution in [1.82, 2.24) is 4.98 Å². The zero-order chi connectivity index (χ0) is 14.0. The first-order valence-electron chi connectivity index (χ1n) is 5.44. The molecular formula is C11H11N3O4S. The average molecular weight is 281 g/mol. The minimum atomic E-state index is -0.941. The second kappa shape index (κ2) is 5.19. The topological polar surface area (TPSA) is 96.6 Å². The van der Waals surface area contributed by atoms with Crippen molar-refractivity contribution in [3.63, 3.8) is 0 Å². The third-order valence-electron chi connectivity index (χ3n) is 2.71. The molecule has 0 radical (unpaired) electrons. The Kier molecular flexibility index (Phi) is 3.61. The van der Waals surface area contributed by atoms with E-state index >= 15 is 0 Å². The largest absolute Gasteiger partial charge is 0.481 e. The molecule has 0 atom stereocenters. The minimum Gasteiger partial charge on any atom is -0.481 e. The van der Waals surface area contributed by atoms with E-state index in [1.54, 1.807) is 29.6 Å². The highest BCUT2D eigenvalue weighted by molar-refractivity contribution is 7.16. The summed E-state index contributed by atoms with van der Waals surface area (Å²) < 4.78 is 0.738. The first-order chi connectivity index (χ1) is 9.00. The number of carbonyl (C=O) groups is 1. The molecule has 0 aliphatic heterocycles. The Bertz CT molecular complexity index is 640. The zero-order valence-corrected chi connectivity index (χ0v) is 10.9. The van der Waals surface area contributed by atoms with Crippen LogP contribution in [0.1, 0.15) is 6.42 Å². The van der Waals surface area contributed by atoms with E-state index in [2.05, 4.69) is 4.98 Å². The number of aliphatic carboxylic acids is 1. The van der Waals surface area contributed by atoms with Crippen LogP contribution in [0.25, 0.3) is 10.2 Å². The zero-order valence-electron chi connectivity index (χ0n) is 10.1. The number of aromatic nitrogens is 1. The molecule has 1 heterocycles. The van der Waals surface area contributed by atoms with Gasteiger partial charge in [0.05, 0.1) is 21.6 Å². The van der Waals surface area contributed by atoms with Crippen LogP contribution in [0.15, 0.2) is 17.6 Å². The SMILES string of the molecule is CN(CCC(=O)O)c1ccc2scnc2c1[N+](=O)[O-]. The van der Waals surface area contributed by atoms with E-state index in [0.29, 0.717) is 11.2 Å². The van der Waals surface area contributed by atoms with Crippen LogP contribution < -0.4 is 4.90 Å². The van der Waals surface area contributed by atoms with E-state index in [1.165, 1.54) is 11.3 Å². The monoisotopic (exact) mass is 281 g/mol. The fourth-order valence-electron chi connectivity index (χ4n) is 1.78. The van der Waals surface area contributed by atoms with Gasteiger partial charge in [-0.1, -0.05) is 0 Å². The lowest BCUT2D eigenvalue weighted by molar-refractivity contribution is -0.382. The second-order valence-corrected chi connectivity index (χ2v) is 4.84. The highest BCUT2D eigenvalue weighted by Crippen LogP contribution is 2.36. The number of anilines is 1. The van der Waals surface area contributed by atoms with Gasteiger partial charge in [-0.3, -0.25) is 14.9 Å². The normalized spacial score (nSPS) is 10.6. The molecule has 0 saturated heterocycles. The van der Waals surface area contributed by atoms with Gasteiger partial charge in [-0.05, 0) is 12.1 Å². The van der Waals surface area contributed by atoms with Crippen LogP contribution in [0, 0.1) is 10.1 Å². The fourth-order valence-corrected chi connectivity index (χ4v) is 2.46. The van der Waals surface area contributed by atoms with Gasteiger partial charge in [0.25, 0.3) is 0 Å². The highest BCUT2D eigenvalue weighted by Gasteiger charge is 2.23. The number of rotatable bonds is 5. The Balaban J connectivity index is 2.44. The van der Waals surface area contributed by atoms with Gasteiger partial charge in [-0.25, -0.2) is 4.98 Å². The highest BCUT2D eigenvalue weighted by atomic mass is 32.1. The van der Waals surface area contributed by atoms with E-state index in [0.717, 1.165) is 4.70 Å². The molecule has 2 aromatic rings. The van der Waals surface area contributed by atoms with Gasteiger partial charge >= 0.3 is 11.7 Å². The van der Waals surface area contributed by atoms with E-state index in [-0.39, 0.29) is 18.7 Å². The molecule has 1 aromatic carbocycles. The summed E-state index contributed by atoms with van der Waals surface area (Å²) in [6.45, 7) is 0.200. The van der Waals surface area contributed by atoms with Crippen molar-refractivity contribution in [2.45, 2.75) is 6.42 Å². The number of fused-ring (bicyclic) bond motifs is 1.